The second-order valence-corrected chi connectivity index (χ2v) is 7.67. The lowest BCUT2D eigenvalue weighted by Crippen LogP contribution is -2.39. The van der Waals surface area contributed by atoms with Crippen molar-refractivity contribution < 1.29 is 4.79 Å². The number of hydrogen-bond acceptors (Lipinski definition) is 4. The quantitative estimate of drug-likeness (QED) is 0.511. The van der Waals surface area contributed by atoms with Gasteiger partial charge >= 0.3 is 0 Å². The third-order valence-electron chi connectivity index (χ3n) is 5.32. The fourth-order valence-corrected chi connectivity index (χ4v) is 4.07. The van der Waals surface area contributed by atoms with E-state index in [1.54, 1.807) is 21.7 Å². The molecular weight excluding hydrogens is 402 g/mol. The Morgan fingerprint density at radius 2 is 2.00 bits per heavy atom. The summed E-state index contributed by atoms with van der Waals surface area (Å²) >= 11 is 6.07. The lowest BCUT2D eigenvalue weighted by molar-refractivity contribution is -0.119. The van der Waals surface area contributed by atoms with Gasteiger partial charge in [0.2, 0.25) is 5.91 Å². The predicted molar refractivity (Wildman–Crippen MR) is 115 cm³/mol. The molecule has 0 saturated carbocycles. The van der Waals surface area contributed by atoms with Crippen molar-refractivity contribution in [2.45, 2.75) is 19.4 Å². The van der Waals surface area contributed by atoms with E-state index in [1.807, 2.05) is 36.4 Å². The Bertz CT molecular complexity index is 1330. The van der Waals surface area contributed by atoms with Crippen LogP contribution in [0.5, 0.6) is 0 Å². The minimum Gasteiger partial charge on any atom is -0.311 e. The lowest BCUT2D eigenvalue weighted by atomic mass is 10.0. The van der Waals surface area contributed by atoms with Gasteiger partial charge in [0.05, 0.1) is 11.9 Å². The molecule has 1 aliphatic heterocycles. The fraction of sp³-hybridized carbons (Fsp3) is 0.182. The molecule has 1 amide bonds. The molecule has 0 fully saturated rings. The van der Waals surface area contributed by atoms with Gasteiger partial charge in [-0.25, -0.2) is 9.67 Å². The summed E-state index contributed by atoms with van der Waals surface area (Å²) in [5.41, 5.74) is 2.91. The first-order valence-corrected chi connectivity index (χ1v) is 10.1. The largest absolute Gasteiger partial charge is 0.311 e. The lowest BCUT2D eigenvalue weighted by Gasteiger charge is -2.29. The first-order chi connectivity index (χ1) is 14.6. The van der Waals surface area contributed by atoms with E-state index < -0.39 is 0 Å². The number of nitrogens with zero attached hydrogens (tertiary/aromatic N) is 5. The molecule has 4 aromatic rings. The minimum absolute atomic E-state index is 0.0710. The smallest absolute Gasteiger partial charge is 0.264 e. The number of carbonyl (C=O) groups is 1. The molecule has 0 N–H and O–H groups in total. The second-order valence-electron chi connectivity index (χ2n) is 7.23. The van der Waals surface area contributed by atoms with Gasteiger partial charge in [0.15, 0.2) is 5.65 Å². The van der Waals surface area contributed by atoms with E-state index in [9.17, 15) is 9.59 Å². The van der Waals surface area contributed by atoms with Crippen molar-refractivity contribution >= 4 is 34.2 Å². The van der Waals surface area contributed by atoms with Crippen LogP contribution in [0.25, 0.3) is 16.7 Å². The maximum absolute atomic E-state index is 13.0. The number of hydrogen-bond donors (Lipinski definition) is 0. The van der Waals surface area contributed by atoms with Crippen molar-refractivity contribution in [1.82, 2.24) is 19.3 Å². The number of para-hydroxylation sites is 1. The van der Waals surface area contributed by atoms with Gasteiger partial charge in [-0.3, -0.25) is 14.2 Å². The number of rotatable bonds is 3. The second kappa shape index (κ2) is 7.42. The maximum Gasteiger partial charge on any atom is 0.264 e. The molecule has 1 aliphatic rings. The Balaban J connectivity index is 1.47. The summed E-state index contributed by atoms with van der Waals surface area (Å²) in [4.78, 5) is 32.1. The molecule has 0 bridgehead atoms. The summed E-state index contributed by atoms with van der Waals surface area (Å²) in [6.07, 6.45) is 4.74. The van der Waals surface area contributed by atoms with Crippen LogP contribution >= 0.6 is 11.6 Å². The van der Waals surface area contributed by atoms with Crippen LogP contribution in [0.4, 0.5) is 5.69 Å². The van der Waals surface area contributed by atoms with E-state index in [-0.39, 0.29) is 18.0 Å². The molecule has 0 saturated heterocycles. The number of anilines is 1. The highest BCUT2D eigenvalue weighted by atomic mass is 35.5. The van der Waals surface area contributed by atoms with Crippen LogP contribution in [0.3, 0.4) is 0 Å². The number of halogens is 1. The van der Waals surface area contributed by atoms with Crippen LogP contribution in [0, 0.1) is 0 Å². The Hall–Kier alpha value is -3.45. The van der Waals surface area contributed by atoms with Crippen LogP contribution in [0.1, 0.15) is 12.0 Å². The number of benzene rings is 2. The Labute approximate surface area is 177 Å². The number of carbonyl (C=O) groups excluding carboxylic acids is 1. The highest BCUT2D eigenvalue weighted by Gasteiger charge is 2.23. The minimum atomic E-state index is -0.299. The molecule has 3 heterocycles. The molecule has 2 aromatic carbocycles. The average molecular weight is 420 g/mol. The van der Waals surface area contributed by atoms with Crippen LogP contribution in [-0.2, 0) is 17.8 Å². The molecule has 7 nitrogen and oxygen atoms in total. The maximum atomic E-state index is 13.0. The van der Waals surface area contributed by atoms with Gasteiger partial charge < -0.3 is 4.90 Å². The van der Waals surface area contributed by atoms with Crippen molar-refractivity contribution in [1.29, 1.82) is 0 Å². The van der Waals surface area contributed by atoms with Crippen LogP contribution in [0.15, 0.2) is 65.8 Å². The van der Waals surface area contributed by atoms with Crippen molar-refractivity contribution in [2.24, 2.45) is 0 Å². The molecule has 0 radical (unpaired) electrons. The van der Waals surface area contributed by atoms with Crippen molar-refractivity contribution in [2.75, 3.05) is 11.4 Å². The molecule has 5 rings (SSSR count). The van der Waals surface area contributed by atoms with Gasteiger partial charge in [0.1, 0.15) is 18.3 Å². The third-order valence-corrected chi connectivity index (χ3v) is 5.56. The number of aryl methyl sites for hydroxylation is 1. The Morgan fingerprint density at radius 3 is 2.87 bits per heavy atom. The molecule has 0 unspecified atom stereocenters. The zero-order valence-electron chi connectivity index (χ0n) is 16.0. The zero-order valence-corrected chi connectivity index (χ0v) is 16.8. The van der Waals surface area contributed by atoms with Crippen LogP contribution < -0.4 is 10.5 Å². The number of fused-ring (bicyclic) bond motifs is 2. The third kappa shape index (κ3) is 3.17. The first kappa shape index (κ1) is 18.6. The standard InChI is InChI=1S/C22H18ClN5O2/c23-16-7-3-8-17(11-16)28-21-18(12-25-28)22(30)26(14-24-21)13-20(29)27-10-4-6-15-5-1-2-9-19(15)27/h1-3,5,7-9,11-12,14H,4,6,10,13H2. The monoisotopic (exact) mass is 419 g/mol. The van der Waals surface area contributed by atoms with Gasteiger partial charge in [0, 0.05) is 17.3 Å². The summed E-state index contributed by atoms with van der Waals surface area (Å²) in [7, 11) is 0. The summed E-state index contributed by atoms with van der Waals surface area (Å²) in [5.74, 6) is -0.132. The van der Waals surface area contributed by atoms with E-state index in [1.165, 1.54) is 17.1 Å². The van der Waals surface area contributed by atoms with Crippen molar-refractivity contribution in [3.05, 3.63) is 82.0 Å². The molecule has 2 aromatic heterocycles. The molecule has 30 heavy (non-hydrogen) atoms. The summed E-state index contributed by atoms with van der Waals surface area (Å²) in [5, 5.41) is 5.21. The highest BCUT2D eigenvalue weighted by Crippen LogP contribution is 2.27. The SMILES string of the molecule is O=C(Cn1cnc2c(cnn2-c2cccc(Cl)c2)c1=O)N1CCCc2ccccc21. The van der Waals surface area contributed by atoms with Gasteiger partial charge in [0.25, 0.3) is 5.56 Å². The predicted octanol–water partition coefficient (Wildman–Crippen LogP) is 3.22. The Morgan fingerprint density at radius 1 is 1.13 bits per heavy atom. The molecular formula is C22H18ClN5O2. The normalized spacial score (nSPS) is 13.4. The molecule has 0 spiro atoms. The first-order valence-electron chi connectivity index (χ1n) is 9.69. The highest BCUT2D eigenvalue weighted by molar-refractivity contribution is 6.30. The summed E-state index contributed by atoms with van der Waals surface area (Å²) in [6.45, 7) is 0.575. The molecule has 150 valence electrons. The Kier molecular flexibility index (Phi) is 4.59. The molecule has 8 heteroatoms. The van der Waals surface area contributed by atoms with E-state index in [4.69, 9.17) is 11.6 Å². The fourth-order valence-electron chi connectivity index (χ4n) is 3.88. The molecule has 0 atom stereocenters. The van der Waals surface area contributed by atoms with Crippen LogP contribution in [0.2, 0.25) is 5.02 Å². The summed E-state index contributed by atoms with van der Waals surface area (Å²) in [6, 6.07) is 15.1. The van der Waals surface area contributed by atoms with E-state index in [2.05, 4.69) is 10.1 Å². The number of amides is 1. The molecule has 0 aliphatic carbocycles. The van der Waals surface area contributed by atoms with Gasteiger partial charge in [-0.2, -0.15) is 5.10 Å². The van der Waals surface area contributed by atoms with E-state index in [0.717, 1.165) is 24.1 Å². The van der Waals surface area contributed by atoms with Crippen molar-refractivity contribution in [3.63, 3.8) is 0 Å². The van der Waals surface area contributed by atoms with E-state index in [0.29, 0.717) is 28.3 Å². The average Bonchev–Trinajstić information content (AvgIpc) is 3.20. The van der Waals surface area contributed by atoms with Crippen molar-refractivity contribution in [3.8, 4) is 5.69 Å². The van der Waals surface area contributed by atoms with Gasteiger partial charge in [-0.05, 0) is 42.7 Å². The van der Waals surface area contributed by atoms with Gasteiger partial charge in [-0.15, -0.1) is 0 Å². The zero-order chi connectivity index (χ0) is 20.7. The summed E-state index contributed by atoms with van der Waals surface area (Å²) < 4.78 is 2.90. The van der Waals surface area contributed by atoms with Gasteiger partial charge in [-0.1, -0.05) is 35.9 Å². The van der Waals surface area contributed by atoms with E-state index >= 15 is 0 Å². The van der Waals surface area contributed by atoms with Crippen LogP contribution in [-0.4, -0.2) is 31.8 Å². The topological polar surface area (TPSA) is 73.0 Å². The number of aromatic nitrogens is 4.